The van der Waals surface area contributed by atoms with E-state index in [1.165, 1.54) is 0 Å². The summed E-state index contributed by atoms with van der Waals surface area (Å²) in [5.74, 6) is 0.893. The lowest BCUT2D eigenvalue weighted by Crippen LogP contribution is -2.34. The molecule has 0 bridgehead atoms. The minimum Gasteiger partial charge on any atom is -0.398 e. The summed E-state index contributed by atoms with van der Waals surface area (Å²) in [5.41, 5.74) is 6.78. The van der Waals surface area contributed by atoms with Gasteiger partial charge in [-0.15, -0.1) is 0 Å². The molecule has 2 rings (SSSR count). The second kappa shape index (κ2) is 5.63. The highest BCUT2D eigenvalue weighted by Crippen LogP contribution is 2.32. The van der Waals surface area contributed by atoms with Gasteiger partial charge < -0.3 is 10.6 Å². The maximum Gasteiger partial charge on any atom is 0.257 e. The van der Waals surface area contributed by atoms with Crippen LogP contribution in [0.2, 0.25) is 5.02 Å². The van der Waals surface area contributed by atoms with Gasteiger partial charge in [-0.05, 0) is 18.6 Å². The van der Waals surface area contributed by atoms with Gasteiger partial charge in [0.15, 0.2) is 0 Å². The summed E-state index contributed by atoms with van der Waals surface area (Å²) in [6.07, 6.45) is 0.980. The quantitative estimate of drug-likeness (QED) is 0.809. The number of benzene rings is 1. The first-order valence-corrected chi connectivity index (χ1v) is 7.74. The molecule has 2 N–H and O–H groups in total. The number of nitrogen functional groups attached to an aromatic ring is 1. The van der Waals surface area contributed by atoms with E-state index in [9.17, 15) is 4.79 Å². The van der Waals surface area contributed by atoms with Gasteiger partial charge in [0.1, 0.15) is 0 Å². The summed E-state index contributed by atoms with van der Waals surface area (Å²) in [7, 11) is 0. The Morgan fingerprint density at radius 3 is 2.84 bits per heavy atom. The van der Waals surface area contributed by atoms with Crippen LogP contribution >= 0.6 is 23.4 Å². The van der Waals surface area contributed by atoms with Gasteiger partial charge in [-0.2, -0.15) is 11.8 Å². The van der Waals surface area contributed by atoms with Gasteiger partial charge in [-0.25, -0.2) is 0 Å². The van der Waals surface area contributed by atoms with Crippen LogP contribution in [0.4, 0.5) is 5.69 Å². The SMILES string of the molecule is CC1(C)CCN(C(=O)c2c(N)cccc2Cl)CCS1. The van der Waals surface area contributed by atoms with Crippen LogP contribution in [0.5, 0.6) is 0 Å². The van der Waals surface area contributed by atoms with Crippen molar-refractivity contribution in [1.29, 1.82) is 0 Å². The first kappa shape index (κ1) is 14.5. The van der Waals surface area contributed by atoms with Gasteiger partial charge in [0.25, 0.3) is 5.91 Å². The molecule has 0 unspecified atom stereocenters. The summed E-state index contributed by atoms with van der Waals surface area (Å²) >= 11 is 8.02. The Morgan fingerprint density at radius 1 is 1.42 bits per heavy atom. The first-order valence-electron chi connectivity index (χ1n) is 6.38. The fourth-order valence-electron chi connectivity index (χ4n) is 2.15. The zero-order valence-corrected chi connectivity index (χ0v) is 12.9. The molecule has 1 aliphatic heterocycles. The highest BCUT2D eigenvalue weighted by molar-refractivity contribution is 8.00. The largest absolute Gasteiger partial charge is 0.398 e. The van der Waals surface area contributed by atoms with Crippen LogP contribution in [0.25, 0.3) is 0 Å². The van der Waals surface area contributed by atoms with Crippen molar-refractivity contribution < 1.29 is 4.79 Å². The van der Waals surface area contributed by atoms with Crippen molar-refractivity contribution in [3.63, 3.8) is 0 Å². The number of hydrogen-bond acceptors (Lipinski definition) is 3. The van der Waals surface area contributed by atoms with Crippen molar-refractivity contribution in [3.05, 3.63) is 28.8 Å². The van der Waals surface area contributed by atoms with E-state index in [0.29, 0.717) is 16.3 Å². The Morgan fingerprint density at radius 2 is 2.16 bits per heavy atom. The molecule has 104 valence electrons. The number of rotatable bonds is 1. The highest BCUT2D eigenvalue weighted by atomic mass is 35.5. The monoisotopic (exact) mass is 298 g/mol. The van der Waals surface area contributed by atoms with E-state index in [2.05, 4.69) is 13.8 Å². The number of hydrogen-bond donors (Lipinski definition) is 1. The number of halogens is 1. The number of nitrogens with zero attached hydrogens (tertiary/aromatic N) is 1. The van der Waals surface area contributed by atoms with Gasteiger partial charge >= 0.3 is 0 Å². The molecular weight excluding hydrogens is 280 g/mol. The molecule has 1 heterocycles. The van der Waals surface area contributed by atoms with E-state index in [0.717, 1.165) is 25.3 Å². The second-order valence-electron chi connectivity index (χ2n) is 5.35. The normalized spacial score (nSPS) is 19.0. The minimum absolute atomic E-state index is 0.0543. The number of carbonyl (C=O) groups is 1. The fraction of sp³-hybridized carbons (Fsp3) is 0.500. The molecule has 3 nitrogen and oxygen atoms in total. The van der Waals surface area contributed by atoms with Gasteiger partial charge in [0.2, 0.25) is 0 Å². The van der Waals surface area contributed by atoms with Crippen LogP contribution in [0, 0.1) is 0 Å². The van der Waals surface area contributed by atoms with Crippen molar-refractivity contribution in [2.75, 3.05) is 24.6 Å². The molecule has 1 aromatic rings. The topological polar surface area (TPSA) is 46.3 Å². The molecule has 1 aromatic carbocycles. The molecule has 1 aliphatic rings. The Hall–Kier alpha value is -0.870. The van der Waals surface area contributed by atoms with Crippen LogP contribution in [0.15, 0.2) is 18.2 Å². The third kappa shape index (κ3) is 3.37. The summed E-state index contributed by atoms with van der Waals surface area (Å²) in [6.45, 7) is 5.94. The zero-order chi connectivity index (χ0) is 14.0. The average Bonchev–Trinajstić information content (AvgIpc) is 2.50. The van der Waals surface area contributed by atoms with Crippen molar-refractivity contribution >= 4 is 35.0 Å². The summed E-state index contributed by atoms with van der Waals surface area (Å²) < 4.78 is 0.223. The highest BCUT2D eigenvalue weighted by Gasteiger charge is 2.27. The van der Waals surface area contributed by atoms with Crippen LogP contribution in [-0.2, 0) is 0 Å². The van der Waals surface area contributed by atoms with Crippen LogP contribution in [0.3, 0.4) is 0 Å². The minimum atomic E-state index is -0.0543. The third-order valence-corrected chi connectivity index (χ3v) is 5.07. The number of anilines is 1. The molecule has 0 aromatic heterocycles. The molecule has 1 saturated heterocycles. The maximum atomic E-state index is 12.6. The van der Waals surface area contributed by atoms with E-state index in [4.69, 9.17) is 17.3 Å². The van der Waals surface area contributed by atoms with E-state index in [-0.39, 0.29) is 10.7 Å². The second-order valence-corrected chi connectivity index (χ2v) is 7.56. The van der Waals surface area contributed by atoms with Gasteiger partial charge in [0.05, 0.1) is 10.6 Å². The fourth-order valence-corrected chi connectivity index (χ4v) is 3.51. The number of carbonyl (C=O) groups excluding carboxylic acids is 1. The molecule has 0 atom stereocenters. The number of nitrogens with two attached hydrogens (primary N) is 1. The summed E-state index contributed by atoms with van der Waals surface area (Å²) in [5, 5.41) is 0.432. The maximum absolute atomic E-state index is 12.6. The van der Waals surface area contributed by atoms with E-state index in [1.807, 2.05) is 16.7 Å². The lowest BCUT2D eigenvalue weighted by atomic mass is 10.1. The lowest BCUT2D eigenvalue weighted by molar-refractivity contribution is 0.0766. The smallest absolute Gasteiger partial charge is 0.257 e. The Balaban J connectivity index is 2.20. The summed E-state index contributed by atoms with van der Waals surface area (Å²) in [6, 6.07) is 5.19. The molecular formula is C14H19ClN2OS. The van der Waals surface area contributed by atoms with Gasteiger partial charge in [0, 0.05) is 29.3 Å². The van der Waals surface area contributed by atoms with Crippen molar-refractivity contribution in [2.45, 2.75) is 25.0 Å². The molecule has 1 fully saturated rings. The van der Waals surface area contributed by atoms with Crippen molar-refractivity contribution in [1.82, 2.24) is 4.90 Å². The van der Waals surface area contributed by atoms with Gasteiger partial charge in [-0.1, -0.05) is 31.5 Å². The molecule has 0 radical (unpaired) electrons. The standard InChI is InChI=1S/C14H19ClN2OS/c1-14(2)6-7-17(8-9-19-14)13(18)12-10(15)4-3-5-11(12)16/h3-5H,6-9,16H2,1-2H3. The van der Waals surface area contributed by atoms with E-state index >= 15 is 0 Å². The molecule has 1 amide bonds. The zero-order valence-electron chi connectivity index (χ0n) is 11.3. The Kier molecular flexibility index (Phi) is 4.31. The Bertz CT molecular complexity index is 470. The first-order chi connectivity index (χ1) is 8.91. The van der Waals surface area contributed by atoms with E-state index in [1.54, 1.807) is 18.2 Å². The van der Waals surface area contributed by atoms with E-state index < -0.39 is 0 Å². The molecule has 0 saturated carbocycles. The Labute approximate surface area is 123 Å². The average molecular weight is 299 g/mol. The van der Waals surface area contributed by atoms with Crippen molar-refractivity contribution in [3.8, 4) is 0 Å². The number of thioether (sulfide) groups is 1. The van der Waals surface area contributed by atoms with Crippen molar-refractivity contribution in [2.24, 2.45) is 0 Å². The lowest BCUT2D eigenvalue weighted by Gasteiger charge is -2.23. The van der Waals surface area contributed by atoms with Crippen LogP contribution in [-0.4, -0.2) is 34.4 Å². The van der Waals surface area contributed by atoms with Crippen LogP contribution < -0.4 is 5.73 Å². The molecule has 19 heavy (non-hydrogen) atoms. The van der Waals surface area contributed by atoms with Crippen LogP contribution in [0.1, 0.15) is 30.6 Å². The summed E-state index contributed by atoms with van der Waals surface area (Å²) in [4.78, 5) is 14.4. The molecule has 5 heteroatoms. The predicted octanol–water partition coefficient (Wildman–Crippen LogP) is 3.28. The molecule has 0 spiro atoms. The molecule has 0 aliphatic carbocycles. The number of amides is 1. The van der Waals surface area contributed by atoms with Gasteiger partial charge in [-0.3, -0.25) is 4.79 Å². The third-order valence-electron chi connectivity index (χ3n) is 3.38. The predicted molar refractivity (Wildman–Crippen MR) is 82.9 cm³/mol.